The molecule has 7 nitrogen and oxygen atoms in total. The lowest BCUT2D eigenvalue weighted by molar-refractivity contribution is -0.120. The van der Waals surface area contributed by atoms with E-state index < -0.39 is 17.4 Å². The Morgan fingerprint density at radius 3 is 2.38 bits per heavy atom. The normalized spacial score (nSPS) is 14.6. The molecule has 0 aliphatic carbocycles. The zero-order valence-corrected chi connectivity index (χ0v) is 17.0. The molecule has 1 aliphatic rings. The number of benzene rings is 2. The number of aromatic hydroxyl groups is 1. The second kappa shape index (κ2) is 7.58. The molecule has 0 spiro atoms. The third-order valence-electron chi connectivity index (χ3n) is 4.95. The smallest absolute Gasteiger partial charge is 0.328 e. The predicted molar refractivity (Wildman–Crippen MR) is 111 cm³/mol. The molecule has 152 valence electrons. The van der Waals surface area contributed by atoms with Crippen molar-refractivity contribution in [3.8, 4) is 5.75 Å². The first kappa shape index (κ1) is 20.4. The van der Waals surface area contributed by atoms with Crippen molar-refractivity contribution in [1.82, 2.24) is 5.32 Å². The predicted octanol–water partition coefficient (Wildman–Crippen LogP) is 3.41. The summed E-state index contributed by atoms with van der Waals surface area (Å²) in [6.45, 7) is 5.96. The van der Waals surface area contributed by atoms with E-state index in [1.54, 1.807) is 25.2 Å². The van der Waals surface area contributed by atoms with Gasteiger partial charge in [-0.3, -0.25) is 19.8 Å². The number of anilines is 2. The molecule has 2 aromatic rings. The number of phenolic OH excluding ortho intramolecular Hbond substituents is 1. The summed E-state index contributed by atoms with van der Waals surface area (Å²) in [7, 11) is 1.63. The van der Waals surface area contributed by atoms with Crippen LogP contribution in [0.1, 0.15) is 43.1 Å². The van der Waals surface area contributed by atoms with Crippen LogP contribution in [0.3, 0.4) is 0 Å². The Morgan fingerprint density at radius 2 is 1.79 bits per heavy atom. The van der Waals surface area contributed by atoms with Gasteiger partial charge in [-0.25, -0.2) is 4.79 Å². The molecule has 0 bridgehead atoms. The highest BCUT2D eigenvalue weighted by molar-refractivity contribution is 6.10. The summed E-state index contributed by atoms with van der Waals surface area (Å²) in [5, 5.41) is 13.2. The number of phenols is 1. The van der Waals surface area contributed by atoms with Gasteiger partial charge in [0.2, 0.25) is 5.91 Å². The molecular formula is C22H25N3O4. The van der Waals surface area contributed by atoms with Gasteiger partial charge in [-0.1, -0.05) is 39.0 Å². The summed E-state index contributed by atoms with van der Waals surface area (Å²) < 4.78 is 0. The Hall–Kier alpha value is -3.35. The van der Waals surface area contributed by atoms with Crippen LogP contribution in [0.5, 0.6) is 5.75 Å². The van der Waals surface area contributed by atoms with Gasteiger partial charge in [0.25, 0.3) is 5.91 Å². The third kappa shape index (κ3) is 4.08. The molecule has 4 amide bonds. The minimum atomic E-state index is -0.540. The van der Waals surface area contributed by atoms with Crippen LogP contribution in [-0.2, 0) is 10.2 Å². The zero-order chi connectivity index (χ0) is 21.3. The van der Waals surface area contributed by atoms with Gasteiger partial charge in [-0.15, -0.1) is 0 Å². The van der Waals surface area contributed by atoms with Crippen LogP contribution in [-0.4, -0.2) is 36.5 Å². The molecule has 0 saturated carbocycles. The van der Waals surface area contributed by atoms with Gasteiger partial charge in [0.1, 0.15) is 5.75 Å². The van der Waals surface area contributed by atoms with Gasteiger partial charge in [0.15, 0.2) is 0 Å². The van der Waals surface area contributed by atoms with Crippen molar-refractivity contribution in [1.29, 1.82) is 0 Å². The minimum absolute atomic E-state index is 0.100. The highest BCUT2D eigenvalue weighted by Crippen LogP contribution is 2.38. The quantitative estimate of drug-likeness (QED) is 0.833. The molecule has 0 atom stereocenters. The number of imide groups is 1. The molecule has 1 aliphatic heterocycles. The fourth-order valence-electron chi connectivity index (χ4n) is 3.27. The highest BCUT2D eigenvalue weighted by Gasteiger charge is 2.30. The lowest BCUT2D eigenvalue weighted by Crippen LogP contribution is -2.49. The first-order chi connectivity index (χ1) is 13.6. The average Bonchev–Trinajstić information content (AvgIpc) is 2.67. The summed E-state index contributed by atoms with van der Waals surface area (Å²) in [6, 6.07) is 11.8. The number of para-hydroxylation sites is 1. The molecule has 3 rings (SSSR count). The molecule has 1 fully saturated rings. The lowest BCUT2D eigenvalue weighted by atomic mass is 9.84. The number of nitrogens with zero attached hydrogens (tertiary/aromatic N) is 2. The molecule has 7 heteroatoms. The second-order valence-corrected chi connectivity index (χ2v) is 8.09. The van der Waals surface area contributed by atoms with Crippen molar-refractivity contribution >= 4 is 29.2 Å². The van der Waals surface area contributed by atoms with E-state index in [0.717, 1.165) is 0 Å². The summed E-state index contributed by atoms with van der Waals surface area (Å²) >= 11 is 0. The van der Waals surface area contributed by atoms with Crippen LogP contribution < -0.4 is 15.1 Å². The summed E-state index contributed by atoms with van der Waals surface area (Å²) in [6.07, 6.45) is 0.171. The van der Waals surface area contributed by atoms with Gasteiger partial charge in [0, 0.05) is 37.0 Å². The molecule has 2 aromatic carbocycles. The van der Waals surface area contributed by atoms with E-state index >= 15 is 0 Å². The van der Waals surface area contributed by atoms with Crippen LogP contribution >= 0.6 is 0 Å². The number of urea groups is 1. The molecule has 2 N–H and O–H groups in total. The van der Waals surface area contributed by atoms with E-state index in [4.69, 9.17) is 0 Å². The van der Waals surface area contributed by atoms with E-state index in [1.807, 2.05) is 39.0 Å². The van der Waals surface area contributed by atoms with E-state index in [0.29, 0.717) is 16.9 Å². The maximum atomic E-state index is 13.2. The van der Waals surface area contributed by atoms with Crippen molar-refractivity contribution in [3.63, 3.8) is 0 Å². The van der Waals surface area contributed by atoms with Crippen LogP contribution in [0.15, 0.2) is 42.5 Å². The number of carbonyl (C=O) groups excluding carboxylic acids is 3. The molecule has 29 heavy (non-hydrogen) atoms. The van der Waals surface area contributed by atoms with Gasteiger partial charge >= 0.3 is 6.03 Å². The van der Waals surface area contributed by atoms with Crippen molar-refractivity contribution in [2.45, 2.75) is 32.6 Å². The number of rotatable bonds is 3. The Morgan fingerprint density at radius 1 is 1.14 bits per heavy atom. The third-order valence-corrected chi connectivity index (χ3v) is 4.95. The molecule has 0 radical (unpaired) electrons. The van der Waals surface area contributed by atoms with Crippen molar-refractivity contribution < 1.29 is 19.5 Å². The fourth-order valence-corrected chi connectivity index (χ4v) is 3.27. The van der Waals surface area contributed by atoms with Crippen LogP contribution in [0.25, 0.3) is 0 Å². The van der Waals surface area contributed by atoms with Crippen molar-refractivity contribution in [3.05, 3.63) is 53.6 Å². The van der Waals surface area contributed by atoms with E-state index in [9.17, 15) is 19.5 Å². The largest absolute Gasteiger partial charge is 0.507 e. The van der Waals surface area contributed by atoms with Gasteiger partial charge in [0.05, 0.1) is 5.56 Å². The van der Waals surface area contributed by atoms with Crippen molar-refractivity contribution in [2.24, 2.45) is 0 Å². The number of carbonyl (C=O) groups is 3. The summed E-state index contributed by atoms with van der Waals surface area (Å²) in [4.78, 5) is 39.9. The molecule has 1 saturated heterocycles. The lowest BCUT2D eigenvalue weighted by Gasteiger charge is -2.30. The van der Waals surface area contributed by atoms with Gasteiger partial charge < -0.3 is 10.0 Å². The number of nitrogens with one attached hydrogen (secondary N) is 1. The maximum absolute atomic E-state index is 13.2. The Kier molecular flexibility index (Phi) is 5.33. The van der Waals surface area contributed by atoms with Gasteiger partial charge in [-0.05, 0) is 29.7 Å². The number of hydrogen-bond donors (Lipinski definition) is 2. The molecule has 1 heterocycles. The second-order valence-electron chi connectivity index (χ2n) is 8.09. The van der Waals surface area contributed by atoms with Crippen LogP contribution in [0.2, 0.25) is 0 Å². The van der Waals surface area contributed by atoms with E-state index in [2.05, 4.69) is 5.32 Å². The molecule has 0 unspecified atom stereocenters. The van der Waals surface area contributed by atoms with Gasteiger partial charge in [-0.2, -0.15) is 0 Å². The standard InChI is InChI=1S/C22H25N3O4/c1-22(2,3)17-13-15(25-11-10-18(26)23-21(25)29)12-16(19(17)27)20(28)24(4)14-8-6-5-7-9-14/h5-9,12-13,27H,10-11H2,1-4H3,(H,23,26,29). The summed E-state index contributed by atoms with van der Waals surface area (Å²) in [5.41, 5.74) is 1.32. The minimum Gasteiger partial charge on any atom is -0.507 e. The first-order valence-electron chi connectivity index (χ1n) is 9.41. The number of amides is 4. The maximum Gasteiger partial charge on any atom is 0.328 e. The Labute approximate surface area is 169 Å². The topological polar surface area (TPSA) is 90.0 Å². The van der Waals surface area contributed by atoms with E-state index in [1.165, 1.54) is 15.9 Å². The van der Waals surface area contributed by atoms with Crippen molar-refractivity contribution in [2.75, 3.05) is 23.4 Å². The Bertz CT molecular complexity index is 964. The molecule has 0 aromatic heterocycles. The first-order valence-corrected chi connectivity index (χ1v) is 9.41. The zero-order valence-electron chi connectivity index (χ0n) is 17.0. The molecular weight excluding hydrogens is 370 g/mol. The van der Waals surface area contributed by atoms with Crippen LogP contribution in [0, 0.1) is 0 Å². The average molecular weight is 395 g/mol. The highest BCUT2D eigenvalue weighted by atomic mass is 16.3. The summed E-state index contributed by atoms with van der Waals surface area (Å²) in [5.74, 6) is -0.835. The number of hydrogen-bond acceptors (Lipinski definition) is 4. The monoisotopic (exact) mass is 395 g/mol. The fraction of sp³-hybridized carbons (Fsp3) is 0.318. The van der Waals surface area contributed by atoms with Crippen LogP contribution in [0.4, 0.5) is 16.2 Å². The van der Waals surface area contributed by atoms with E-state index in [-0.39, 0.29) is 30.2 Å². The Balaban J connectivity index is 2.09. The SMILES string of the molecule is CN(C(=O)c1cc(N2CCC(=O)NC2=O)cc(C(C)(C)C)c1O)c1ccccc1.